The molecule has 0 atom stereocenters. The van der Waals surface area contributed by atoms with Crippen LogP contribution in [-0.2, 0) is 10.3 Å². The fraction of sp³-hybridized carbons (Fsp3) is 0.417. The molecular formula is C12H14N2O. The molecule has 1 aromatic rings. The quantitative estimate of drug-likeness (QED) is 0.788. The van der Waals surface area contributed by atoms with Crippen molar-refractivity contribution in [1.29, 1.82) is 0 Å². The highest BCUT2D eigenvalue weighted by Crippen LogP contribution is 2.44. The Labute approximate surface area is 89.0 Å². The van der Waals surface area contributed by atoms with Crippen LogP contribution >= 0.6 is 0 Å². The van der Waals surface area contributed by atoms with Crippen molar-refractivity contribution in [3.05, 3.63) is 35.4 Å². The number of rotatable bonds is 2. The molecule has 1 fully saturated rings. The lowest BCUT2D eigenvalue weighted by Crippen LogP contribution is -2.22. The second-order valence-electron chi connectivity index (χ2n) is 4.24. The van der Waals surface area contributed by atoms with E-state index in [-0.39, 0.29) is 5.54 Å². The molecule has 1 aliphatic heterocycles. The Bertz CT molecular complexity index is 421. The monoisotopic (exact) mass is 202 g/mol. The van der Waals surface area contributed by atoms with E-state index >= 15 is 0 Å². The molecule has 0 radical (unpaired) electrons. The minimum absolute atomic E-state index is 0.120. The van der Waals surface area contributed by atoms with Crippen LogP contribution in [0.15, 0.2) is 29.3 Å². The first-order chi connectivity index (χ1) is 7.30. The van der Waals surface area contributed by atoms with Crippen molar-refractivity contribution in [3.63, 3.8) is 0 Å². The van der Waals surface area contributed by atoms with Gasteiger partial charge in [-0.2, -0.15) is 0 Å². The number of hydrogen-bond donors (Lipinski definition) is 1. The Morgan fingerprint density at radius 3 is 2.73 bits per heavy atom. The fourth-order valence-corrected chi connectivity index (χ4v) is 2.01. The van der Waals surface area contributed by atoms with E-state index in [0.29, 0.717) is 6.61 Å². The zero-order chi connectivity index (χ0) is 10.3. The van der Waals surface area contributed by atoms with Gasteiger partial charge < -0.3 is 10.5 Å². The summed E-state index contributed by atoms with van der Waals surface area (Å²) in [6.07, 6.45) is 2.13. The predicted octanol–water partition coefficient (Wildman–Crippen LogP) is 1.41. The predicted molar refractivity (Wildman–Crippen MR) is 58.9 cm³/mol. The number of aliphatic imine (C=N–C) groups is 1. The maximum Gasteiger partial charge on any atom is 0.216 e. The second-order valence-corrected chi connectivity index (χ2v) is 4.24. The van der Waals surface area contributed by atoms with E-state index in [1.54, 1.807) is 0 Å². The van der Waals surface area contributed by atoms with Gasteiger partial charge in [0.2, 0.25) is 5.90 Å². The molecule has 0 amide bonds. The molecule has 3 nitrogen and oxygen atoms in total. The average Bonchev–Trinajstić information content (AvgIpc) is 2.84. The second kappa shape index (κ2) is 3.07. The van der Waals surface area contributed by atoms with Crippen LogP contribution < -0.4 is 5.73 Å². The van der Waals surface area contributed by atoms with Gasteiger partial charge in [-0.3, -0.25) is 0 Å². The summed E-state index contributed by atoms with van der Waals surface area (Å²) in [6, 6.07) is 8.18. The Kier molecular flexibility index (Phi) is 1.83. The van der Waals surface area contributed by atoms with Crippen molar-refractivity contribution in [2.75, 3.05) is 13.2 Å². The topological polar surface area (TPSA) is 47.6 Å². The number of ether oxygens (including phenoxy) is 1. The van der Waals surface area contributed by atoms with Crippen molar-refractivity contribution >= 4 is 5.90 Å². The van der Waals surface area contributed by atoms with Gasteiger partial charge in [-0.25, -0.2) is 4.99 Å². The molecule has 2 aliphatic rings. The van der Waals surface area contributed by atoms with Gasteiger partial charge in [0.15, 0.2) is 0 Å². The number of benzene rings is 1. The lowest BCUT2D eigenvalue weighted by atomic mass is 9.99. The number of nitrogens with zero attached hydrogens (tertiary/aromatic N) is 1. The fourth-order valence-electron chi connectivity index (χ4n) is 2.01. The van der Waals surface area contributed by atoms with Crippen molar-refractivity contribution in [1.82, 2.24) is 0 Å². The summed E-state index contributed by atoms with van der Waals surface area (Å²) >= 11 is 0. The third-order valence-electron chi connectivity index (χ3n) is 3.07. The minimum atomic E-state index is -0.120. The molecule has 0 aromatic heterocycles. The zero-order valence-corrected chi connectivity index (χ0v) is 8.57. The molecule has 1 aromatic carbocycles. The van der Waals surface area contributed by atoms with Gasteiger partial charge in [-0.1, -0.05) is 18.2 Å². The summed E-state index contributed by atoms with van der Waals surface area (Å²) in [5, 5.41) is 0. The summed E-state index contributed by atoms with van der Waals surface area (Å²) in [6.45, 7) is 1.46. The normalized spacial score (nSPS) is 22.1. The standard InChI is InChI=1S/C12H14N2O/c13-12(5-6-12)10-4-2-1-3-9(10)11-14-7-8-15-11/h1-4H,5-8,13H2. The molecule has 1 aliphatic carbocycles. The Balaban J connectivity index is 2.06. The molecule has 3 heteroatoms. The largest absolute Gasteiger partial charge is 0.476 e. The molecule has 0 spiro atoms. The first-order valence-electron chi connectivity index (χ1n) is 5.36. The summed E-state index contributed by atoms with van der Waals surface area (Å²) in [5.74, 6) is 0.766. The number of nitrogens with two attached hydrogens (primary N) is 1. The highest BCUT2D eigenvalue weighted by molar-refractivity contribution is 5.96. The van der Waals surface area contributed by atoms with Crippen LogP contribution in [0.1, 0.15) is 24.0 Å². The van der Waals surface area contributed by atoms with E-state index < -0.39 is 0 Å². The molecule has 1 heterocycles. The summed E-state index contributed by atoms with van der Waals surface area (Å²) < 4.78 is 5.50. The van der Waals surface area contributed by atoms with E-state index in [1.165, 1.54) is 5.56 Å². The van der Waals surface area contributed by atoms with E-state index in [4.69, 9.17) is 10.5 Å². The van der Waals surface area contributed by atoms with E-state index in [2.05, 4.69) is 11.1 Å². The molecule has 15 heavy (non-hydrogen) atoms. The molecular weight excluding hydrogens is 188 g/mol. The van der Waals surface area contributed by atoms with Crippen molar-refractivity contribution in [3.8, 4) is 0 Å². The molecule has 0 saturated heterocycles. The van der Waals surface area contributed by atoms with E-state index in [1.807, 2.05) is 18.2 Å². The lowest BCUT2D eigenvalue weighted by Gasteiger charge is -2.14. The molecule has 0 unspecified atom stereocenters. The van der Waals surface area contributed by atoms with E-state index in [9.17, 15) is 0 Å². The summed E-state index contributed by atoms with van der Waals surface area (Å²) in [7, 11) is 0. The van der Waals surface area contributed by atoms with Crippen molar-refractivity contribution in [2.45, 2.75) is 18.4 Å². The summed E-state index contributed by atoms with van der Waals surface area (Å²) in [5.41, 5.74) is 8.37. The third kappa shape index (κ3) is 1.43. The van der Waals surface area contributed by atoms with Gasteiger partial charge in [0.1, 0.15) is 6.61 Å². The Hall–Kier alpha value is -1.35. The van der Waals surface area contributed by atoms with Crippen LogP contribution in [0, 0.1) is 0 Å². The van der Waals surface area contributed by atoms with Gasteiger partial charge in [-0.05, 0) is 24.5 Å². The zero-order valence-electron chi connectivity index (χ0n) is 8.57. The van der Waals surface area contributed by atoms with Crippen LogP contribution in [0.3, 0.4) is 0 Å². The van der Waals surface area contributed by atoms with Crippen LogP contribution in [0.25, 0.3) is 0 Å². The number of hydrogen-bond acceptors (Lipinski definition) is 3. The van der Waals surface area contributed by atoms with Crippen molar-refractivity contribution in [2.24, 2.45) is 10.7 Å². The molecule has 2 N–H and O–H groups in total. The maximum absolute atomic E-state index is 6.23. The van der Waals surface area contributed by atoms with Crippen LogP contribution in [0.5, 0.6) is 0 Å². The minimum Gasteiger partial charge on any atom is -0.476 e. The molecule has 0 bridgehead atoms. The smallest absolute Gasteiger partial charge is 0.216 e. The van der Waals surface area contributed by atoms with Gasteiger partial charge in [0.25, 0.3) is 0 Å². The van der Waals surface area contributed by atoms with Gasteiger partial charge >= 0.3 is 0 Å². The van der Waals surface area contributed by atoms with Crippen molar-refractivity contribution < 1.29 is 4.74 Å². The Morgan fingerprint density at radius 1 is 1.27 bits per heavy atom. The SMILES string of the molecule is NC1(c2ccccc2C2=NCCO2)CC1. The summed E-state index contributed by atoms with van der Waals surface area (Å²) in [4.78, 5) is 4.35. The highest BCUT2D eigenvalue weighted by Gasteiger charge is 2.42. The van der Waals surface area contributed by atoms with Crippen LogP contribution in [-0.4, -0.2) is 19.0 Å². The highest BCUT2D eigenvalue weighted by atomic mass is 16.5. The molecule has 78 valence electrons. The van der Waals surface area contributed by atoms with Gasteiger partial charge in [0, 0.05) is 11.1 Å². The lowest BCUT2D eigenvalue weighted by molar-refractivity contribution is 0.348. The first-order valence-corrected chi connectivity index (χ1v) is 5.36. The van der Waals surface area contributed by atoms with Crippen LogP contribution in [0.4, 0.5) is 0 Å². The molecule has 3 rings (SSSR count). The van der Waals surface area contributed by atoms with E-state index in [0.717, 1.165) is 30.8 Å². The third-order valence-corrected chi connectivity index (χ3v) is 3.07. The Morgan fingerprint density at radius 2 is 2.07 bits per heavy atom. The first kappa shape index (κ1) is 8.92. The van der Waals surface area contributed by atoms with Gasteiger partial charge in [0.05, 0.1) is 6.54 Å². The van der Waals surface area contributed by atoms with Gasteiger partial charge in [-0.15, -0.1) is 0 Å². The maximum atomic E-state index is 6.23. The van der Waals surface area contributed by atoms with Crippen LogP contribution in [0.2, 0.25) is 0 Å². The average molecular weight is 202 g/mol. The molecule has 1 saturated carbocycles.